The summed E-state index contributed by atoms with van der Waals surface area (Å²) in [5, 5.41) is 9.04. The molecule has 118 valence electrons. The first-order valence-corrected chi connectivity index (χ1v) is 8.29. The van der Waals surface area contributed by atoms with Gasteiger partial charge < -0.3 is 15.6 Å². The van der Waals surface area contributed by atoms with Crippen LogP contribution in [0.2, 0.25) is 5.02 Å². The standard InChI is InChI=1S/C18H18ClN3S/c1-12-15(19)6-4-8-16(12)22-18(23)20-10-9-13-11-21-17-7-3-2-5-14(13)17/h2-8,11,21H,9-10H2,1H3,(H2,20,22,23). The van der Waals surface area contributed by atoms with E-state index in [1.54, 1.807) is 0 Å². The number of para-hydroxylation sites is 1. The smallest absolute Gasteiger partial charge is 0.170 e. The van der Waals surface area contributed by atoms with E-state index >= 15 is 0 Å². The number of hydrogen-bond donors (Lipinski definition) is 3. The maximum absolute atomic E-state index is 6.12. The summed E-state index contributed by atoms with van der Waals surface area (Å²) in [6.07, 6.45) is 2.96. The van der Waals surface area contributed by atoms with Crippen molar-refractivity contribution in [3.63, 3.8) is 0 Å². The number of aromatic nitrogens is 1. The predicted molar refractivity (Wildman–Crippen MR) is 102 cm³/mol. The van der Waals surface area contributed by atoms with E-state index in [1.165, 1.54) is 10.9 Å². The van der Waals surface area contributed by atoms with Gasteiger partial charge in [0.2, 0.25) is 0 Å². The minimum absolute atomic E-state index is 0.607. The molecule has 0 atom stereocenters. The number of H-pyrrole nitrogens is 1. The Balaban J connectivity index is 1.56. The summed E-state index contributed by atoms with van der Waals surface area (Å²) >= 11 is 11.5. The average Bonchev–Trinajstić information content (AvgIpc) is 2.95. The highest BCUT2D eigenvalue weighted by Gasteiger charge is 2.05. The van der Waals surface area contributed by atoms with Crippen molar-refractivity contribution in [1.29, 1.82) is 0 Å². The number of rotatable bonds is 4. The van der Waals surface area contributed by atoms with Crippen molar-refractivity contribution < 1.29 is 0 Å². The molecule has 0 bridgehead atoms. The third-order valence-electron chi connectivity index (χ3n) is 3.87. The number of aromatic amines is 1. The Kier molecular flexibility index (Phi) is 4.84. The summed E-state index contributed by atoms with van der Waals surface area (Å²) in [6, 6.07) is 14.1. The molecule has 3 nitrogen and oxygen atoms in total. The Hall–Kier alpha value is -2.04. The lowest BCUT2D eigenvalue weighted by molar-refractivity contribution is 0.878. The van der Waals surface area contributed by atoms with Gasteiger partial charge in [0.15, 0.2) is 5.11 Å². The van der Waals surface area contributed by atoms with E-state index in [0.29, 0.717) is 5.11 Å². The quantitative estimate of drug-likeness (QED) is 0.603. The minimum atomic E-state index is 0.607. The van der Waals surface area contributed by atoms with Gasteiger partial charge in [-0.15, -0.1) is 0 Å². The molecule has 0 spiro atoms. The second-order valence-electron chi connectivity index (χ2n) is 5.40. The van der Waals surface area contributed by atoms with E-state index < -0.39 is 0 Å². The third-order valence-corrected chi connectivity index (χ3v) is 4.53. The van der Waals surface area contributed by atoms with Crippen LogP contribution in [-0.4, -0.2) is 16.6 Å². The van der Waals surface area contributed by atoms with Gasteiger partial charge in [-0.2, -0.15) is 0 Å². The van der Waals surface area contributed by atoms with Crippen molar-refractivity contribution >= 4 is 45.5 Å². The summed E-state index contributed by atoms with van der Waals surface area (Å²) in [4.78, 5) is 3.29. The molecule has 0 aliphatic carbocycles. The number of benzene rings is 2. The monoisotopic (exact) mass is 343 g/mol. The van der Waals surface area contributed by atoms with Crippen molar-refractivity contribution in [3.05, 3.63) is 64.8 Å². The zero-order valence-electron chi connectivity index (χ0n) is 12.8. The van der Waals surface area contributed by atoms with Crippen LogP contribution in [0.25, 0.3) is 10.9 Å². The Bertz CT molecular complexity index is 841. The lowest BCUT2D eigenvalue weighted by atomic mass is 10.1. The van der Waals surface area contributed by atoms with Crippen LogP contribution in [0.4, 0.5) is 5.69 Å². The van der Waals surface area contributed by atoms with E-state index in [1.807, 2.05) is 31.2 Å². The second kappa shape index (κ2) is 7.02. The van der Waals surface area contributed by atoms with Gasteiger partial charge in [0.1, 0.15) is 0 Å². The molecule has 0 unspecified atom stereocenters. The van der Waals surface area contributed by atoms with Crippen LogP contribution < -0.4 is 10.6 Å². The molecule has 0 saturated carbocycles. The Morgan fingerprint density at radius 3 is 2.87 bits per heavy atom. The number of halogens is 1. The van der Waals surface area contributed by atoms with Crippen LogP contribution in [0.15, 0.2) is 48.7 Å². The number of fused-ring (bicyclic) bond motifs is 1. The van der Waals surface area contributed by atoms with Crippen LogP contribution >= 0.6 is 23.8 Å². The highest BCUT2D eigenvalue weighted by Crippen LogP contribution is 2.22. The Morgan fingerprint density at radius 1 is 1.17 bits per heavy atom. The molecule has 23 heavy (non-hydrogen) atoms. The predicted octanol–water partition coefficient (Wildman–Crippen LogP) is 4.66. The number of hydrogen-bond acceptors (Lipinski definition) is 1. The number of anilines is 1. The maximum Gasteiger partial charge on any atom is 0.170 e. The molecule has 0 amide bonds. The zero-order chi connectivity index (χ0) is 16.2. The van der Waals surface area contributed by atoms with Crippen molar-refractivity contribution in [2.75, 3.05) is 11.9 Å². The van der Waals surface area contributed by atoms with Gasteiger partial charge >= 0.3 is 0 Å². The average molecular weight is 344 g/mol. The molecule has 0 aliphatic heterocycles. The van der Waals surface area contributed by atoms with Crippen LogP contribution in [0.5, 0.6) is 0 Å². The first-order chi connectivity index (χ1) is 11.1. The Labute approximate surface area is 146 Å². The highest BCUT2D eigenvalue weighted by atomic mass is 35.5. The van der Waals surface area contributed by atoms with Gasteiger partial charge in [0.05, 0.1) is 0 Å². The van der Waals surface area contributed by atoms with Crippen molar-refractivity contribution in [2.24, 2.45) is 0 Å². The van der Waals surface area contributed by atoms with Gasteiger partial charge in [0, 0.05) is 34.4 Å². The van der Waals surface area contributed by atoms with Crippen LogP contribution in [0.1, 0.15) is 11.1 Å². The fourth-order valence-electron chi connectivity index (χ4n) is 2.56. The van der Waals surface area contributed by atoms with E-state index in [0.717, 1.165) is 34.8 Å². The lowest BCUT2D eigenvalue weighted by Crippen LogP contribution is -2.30. The largest absolute Gasteiger partial charge is 0.362 e. The van der Waals surface area contributed by atoms with E-state index in [9.17, 15) is 0 Å². The molecule has 1 aromatic heterocycles. The van der Waals surface area contributed by atoms with Crippen molar-refractivity contribution in [2.45, 2.75) is 13.3 Å². The normalized spacial score (nSPS) is 10.7. The molecule has 3 rings (SSSR count). The van der Waals surface area contributed by atoms with Gasteiger partial charge in [-0.25, -0.2) is 0 Å². The van der Waals surface area contributed by atoms with Gasteiger partial charge in [-0.3, -0.25) is 0 Å². The molecular weight excluding hydrogens is 326 g/mol. The summed E-state index contributed by atoms with van der Waals surface area (Å²) < 4.78 is 0. The molecule has 5 heteroatoms. The number of nitrogens with one attached hydrogen (secondary N) is 3. The van der Waals surface area contributed by atoms with Crippen molar-refractivity contribution in [1.82, 2.24) is 10.3 Å². The topological polar surface area (TPSA) is 39.8 Å². The summed E-state index contributed by atoms with van der Waals surface area (Å²) in [6.45, 7) is 2.74. The van der Waals surface area contributed by atoms with E-state index in [4.69, 9.17) is 23.8 Å². The third kappa shape index (κ3) is 3.66. The van der Waals surface area contributed by atoms with Crippen molar-refractivity contribution in [3.8, 4) is 0 Å². The Morgan fingerprint density at radius 2 is 2.00 bits per heavy atom. The van der Waals surface area contributed by atoms with Crippen LogP contribution in [0, 0.1) is 6.92 Å². The molecule has 0 saturated heterocycles. The van der Waals surface area contributed by atoms with E-state index in [2.05, 4.69) is 40.0 Å². The highest BCUT2D eigenvalue weighted by molar-refractivity contribution is 7.80. The van der Waals surface area contributed by atoms with Gasteiger partial charge in [0.25, 0.3) is 0 Å². The van der Waals surface area contributed by atoms with Crippen LogP contribution in [-0.2, 0) is 6.42 Å². The SMILES string of the molecule is Cc1c(Cl)cccc1NC(=S)NCCc1c[nH]c2ccccc12. The molecule has 0 fully saturated rings. The second-order valence-corrected chi connectivity index (χ2v) is 6.22. The molecular formula is C18H18ClN3S. The van der Waals surface area contributed by atoms with E-state index in [-0.39, 0.29) is 0 Å². The lowest BCUT2D eigenvalue weighted by Gasteiger charge is -2.13. The molecule has 2 aromatic carbocycles. The van der Waals surface area contributed by atoms with Gasteiger partial charge in [-0.05, 0) is 54.9 Å². The van der Waals surface area contributed by atoms with Crippen LogP contribution in [0.3, 0.4) is 0 Å². The molecule has 1 heterocycles. The minimum Gasteiger partial charge on any atom is -0.362 e. The maximum atomic E-state index is 6.12. The molecule has 0 radical (unpaired) electrons. The zero-order valence-corrected chi connectivity index (χ0v) is 14.4. The molecule has 3 aromatic rings. The number of thiocarbonyl (C=S) groups is 1. The first-order valence-electron chi connectivity index (χ1n) is 7.50. The fourth-order valence-corrected chi connectivity index (χ4v) is 2.95. The van der Waals surface area contributed by atoms with Gasteiger partial charge in [-0.1, -0.05) is 35.9 Å². The summed E-state index contributed by atoms with van der Waals surface area (Å²) in [7, 11) is 0. The first kappa shape index (κ1) is 15.8. The summed E-state index contributed by atoms with van der Waals surface area (Å²) in [5.74, 6) is 0. The molecule has 0 aliphatic rings. The summed E-state index contributed by atoms with van der Waals surface area (Å²) in [5.41, 5.74) is 4.38. The fraction of sp³-hybridized carbons (Fsp3) is 0.167. The molecule has 3 N–H and O–H groups in total.